The number of Topliss-reactive ketones (excluding diaryl/α,β-unsaturated/α-hetero) is 2. The summed E-state index contributed by atoms with van der Waals surface area (Å²) in [4.78, 5) is 65.6. The molecule has 0 saturated heterocycles. The zero-order valence-corrected chi connectivity index (χ0v) is 19.8. The molecule has 0 unspecified atom stereocenters. The number of carboxylic acid groups (broad SMARTS) is 1. The van der Waals surface area contributed by atoms with Crippen LogP contribution in [0.2, 0.25) is 0 Å². The van der Waals surface area contributed by atoms with Gasteiger partial charge in [0.25, 0.3) is 0 Å². The molecular weight excluding hydrogens is 432 g/mol. The summed E-state index contributed by atoms with van der Waals surface area (Å²) in [5.41, 5.74) is 16.7. The van der Waals surface area contributed by atoms with E-state index in [9.17, 15) is 24.0 Å². The van der Waals surface area contributed by atoms with Gasteiger partial charge in [0.2, 0.25) is 11.8 Å². The molecule has 0 heterocycles. The number of amides is 2. The summed E-state index contributed by atoms with van der Waals surface area (Å²) in [7, 11) is 0. The minimum atomic E-state index is -1.29. The largest absolute Gasteiger partial charge is 0.481 e. The van der Waals surface area contributed by atoms with Crippen LogP contribution in [0.5, 0.6) is 0 Å². The second-order valence-corrected chi connectivity index (χ2v) is 8.45. The average molecular weight is 471 g/mol. The Morgan fingerprint density at radius 1 is 0.970 bits per heavy atom. The molecular formula is C21H38N6O6. The maximum absolute atomic E-state index is 12.6. The fourth-order valence-electron chi connectivity index (χ4n) is 3.22. The van der Waals surface area contributed by atoms with Gasteiger partial charge < -0.3 is 32.1 Å². The summed E-state index contributed by atoms with van der Waals surface area (Å²) < 4.78 is 0. The van der Waals surface area contributed by atoms with Crippen molar-refractivity contribution in [3.8, 4) is 0 Å². The van der Waals surface area contributed by atoms with E-state index in [4.69, 9.17) is 22.3 Å². The highest BCUT2D eigenvalue weighted by Gasteiger charge is 2.22. The first-order valence-electron chi connectivity index (χ1n) is 10.9. The number of nitrogens with zero attached hydrogens (tertiary/aromatic N) is 3. The molecule has 0 aliphatic carbocycles. The van der Waals surface area contributed by atoms with Crippen LogP contribution in [0.15, 0.2) is 4.99 Å². The zero-order valence-electron chi connectivity index (χ0n) is 19.8. The van der Waals surface area contributed by atoms with Crippen LogP contribution >= 0.6 is 0 Å². The number of rotatable bonds is 17. The Morgan fingerprint density at radius 2 is 1.61 bits per heavy atom. The first kappa shape index (κ1) is 30.0. The van der Waals surface area contributed by atoms with Gasteiger partial charge in [-0.05, 0) is 25.7 Å². The molecule has 0 bridgehead atoms. The molecule has 2 amide bonds. The molecule has 0 spiro atoms. The number of nitrogens with two attached hydrogens (primary N) is 3. The number of carbonyl (C=O) groups is 5. The van der Waals surface area contributed by atoms with Crippen LogP contribution in [0.25, 0.3) is 0 Å². The van der Waals surface area contributed by atoms with E-state index < -0.39 is 18.3 Å². The smallest absolute Gasteiger partial charge is 0.312 e. The van der Waals surface area contributed by atoms with Gasteiger partial charge in [0.1, 0.15) is 12.2 Å². The summed E-state index contributed by atoms with van der Waals surface area (Å²) >= 11 is 0. The fourth-order valence-corrected chi connectivity index (χ4v) is 3.22. The number of hydrogen-bond acceptors (Lipinski definition) is 7. The van der Waals surface area contributed by atoms with Crippen molar-refractivity contribution in [3.05, 3.63) is 0 Å². The minimum absolute atomic E-state index is 0.0235. The zero-order chi connectivity index (χ0) is 25.6. The summed E-state index contributed by atoms with van der Waals surface area (Å²) in [6, 6.07) is -0.301. The molecule has 0 aliphatic rings. The molecule has 0 saturated carbocycles. The fraction of sp³-hybridized carbons (Fsp3) is 0.714. The number of ketones is 2. The number of carboxylic acids is 1. The van der Waals surface area contributed by atoms with E-state index in [0.29, 0.717) is 12.3 Å². The highest BCUT2D eigenvalue weighted by atomic mass is 16.4. The third-order valence-electron chi connectivity index (χ3n) is 4.52. The molecule has 0 rings (SSSR count). The number of carbonyl (C=O) groups excluding carboxylic acids is 4. The summed E-state index contributed by atoms with van der Waals surface area (Å²) in [6.07, 6.45) is 0.248. The number of hydrogen-bond donors (Lipinski definition) is 4. The van der Waals surface area contributed by atoms with Crippen molar-refractivity contribution < 1.29 is 29.1 Å². The van der Waals surface area contributed by atoms with E-state index in [1.807, 2.05) is 13.8 Å². The molecule has 1 atom stereocenters. The van der Waals surface area contributed by atoms with Gasteiger partial charge in [-0.25, -0.2) is 0 Å². The predicted octanol–water partition coefficient (Wildman–Crippen LogP) is -0.906. The van der Waals surface area contributed by atoms with Gasteiger partial charge in [0.05, 0.1) is 19.6 Å². The lowest BCUT2D eigenvalue weighted by atomic mass is 10.0. The van der Waals surface area contributed by atoms with Gasteiger partial charge in [0, 0.05) is 32.0 Å². The predicted molar refractivity (Wildman–Crippen MR) is 123 cm³/mol. The number of aliphatic imine (C=N–C) groups is 1. The Morgan fingerprint density at radius 3 is 2.12 bits per heavy atom. The Balaban J connectivity index is 4.97. The van der Waals surface area contributed by atoms with Gasteiger partial charge in [0.15, 0.2) is 11.7 Å². The average Bonchev–Trinajstić information content (AvgIpc) is 2.64. The van der Waals surface area contributed by atoms with Gasteiger partial charge in [-0.15, -0.1) is 0 Å². The van der Waals surface area contributed by atoms with E-state index in [1.54, 1.807) is 0 Å². The second kappa shape index (κ2) is 15.7. The van der Waals surface area contributed by atoms with E-state index >= 15 is 0 Å². The normalized spacial score (nSPS) is 11.5. The molecule has 0 fully saturated rings. The van der Waals surface area contributed by atoms with E-state index in [1.165, 1.54) is 11.8 Å². The second-order valence-electron chi connectivity index (χ2n) is 8.45. The Kier molecular flexibility index (Phi) is 14.3. The van der Waals surface area contributed by atoms with Crippen molar-refractivity contribution >= 4 is 35.3 Å². The Hall–Kier alpha value is -3.02. The molecule has 0 aliphatic heterocycles. The quantitative estimate of drug-likeness (QED) is 0.118. The van der Waals surface area contributed by atoms with Gasteiger partial charge in [-0.2, -0.15) is 0 Å². The van der Waals surface area contributed by atoms with Crippen LogP contribution in [0.1, 0.15) is 52.9 Å². The number of guanidine groups is 1. The summed E-state index contributed by atoms with van der Waals surface area (Å²) in [5.74, 6) is -2.63. The molecule has 12 heteroatoms. The molecule has 33 heavy (non-hydrogen) atoms. The van der Waals surface area contributed by atoms with E-state index in [0.717, 1.165) is 4.90 Å². The molecule has 0 aromatic heterocycles. The third kappa shape index (κ3) is 15.4. The monoisotopic (exact) mass is 470 g/mol. The van der Waals surface area contributed by atoms with Crippen LogP contribution in [0.3, 0.4) is 0 Å². The van der Waals surface area contributed by atoms with Crippen LogP contribution in [0.4, 0.5) is 0 Å². The lowest BCUT2D eigenvalue weighted by molar-refractivity contribution is -0.145. The first-order chi connectivity index (χ1) is 15.3. The molecule has 188 valence electrons. The maximum atomic E-state index is 12.6. The Labute approximate surface area is 194 Å². The van der Waals surface area contributed by atoms with Gasteiger partial charge in [-0.3, -0.25) is 29.0 Å². The van der Waals surface area contributed by atoms with Crippen LogP contribution in [-0.2, 0) is 24.0 Å². The van der Waals surface area contributed by atoms with E-state index in [-0.39, 0.29) is 81.5 Å². The standard InChI is InChI=1S/C21H38N6O6/c1-14(2)9-16(22)12-27(18(30)6-7-25-21(23)24)13-17(29)5-4-8-26(11-15(3)28)19(31)10-20(32)33/h14,16H,4-13,22H2,1-3H3,(H,32,33)(H4,23,24,25)/t16-/m0/s1. The van der Waals surface area contributed by atoms with Gasteiger partial charge >= 0.3 is 5.97 Å². The minimum Gasteiger partial charge on any atom is -0.481 e. The Bertz CT molecular complexity index is 720. The summed E-state index contributed by atoms with van der Waals surface area (Å²) in [5, 5.41) is 8.79. The molecule has 12 nitrogen and oxygen atoms in total. The maximum Gasteiger partial charge on any atom is 0.312 e. The molecule has 0 aromatic rings. The molecule has 0 radical (unpaired) electrons. The molecule has 0 aromatic carbocycles. The topological polar surface area (TPSA) is 202 Å². The van der Waals surface area contributed by atoms with Crippen molar-refractivity contribution in [3.63, 3.8) is 0 Å². The van der Waals surface area contributed by atoms with Gasteiger partial charge in [-0.1, -0.05) is 13.8 Å². The van der Waals surface area contributed by atoms with Crippen molar-refractivity contribution in [2.75, 3.05) is 32.7 Å². The van der Waals surface area contributed by atoms with Crippen molar-refractivity contribution in [1.82, 2.24) is 9.80 Å². The van der Waals surface area contributed by atoms with Crippen molar-refractivity contribution in [2.45, 2.75) is 58.9 Å². The van der Waals surface area contributed by atoms with Crippen LogP contribution < -0.4 is 17.2 Å². The highest BCUT2D eigenvalue weighted by molar-refractivity contribution is 5.95. The third-order valence-corrected chi connectivity index (χ3v) is 4.52. The number of aliphatic carboxylic acids is 1. The SMILES string of the molecule is CC(=O)CN(CCCC(=O)CN(C[C@@H](N)CC(C)C)C(=O)CCN=C(N)N)C(=O)CC(=O)O. The lowest BCUT2D eigenvalue weighted by Gasteiger charge is -2.26. The van der Waals surface area contributed by atoms with Crippen LogP contribution in [-0.4, -0.2) is 89.0 Å². The van der Waals surface area contributed by atoms with Crippen LogP contribution in [0, 0.1) is 5.92 Å². The summed E-state index contributed by atoms with van der Waals surface area (Å²) in [6.45, 7) is 5.29. The highest BCUT2D eigenvalue weighted by Crippen LogP contribution is 2.08. The van der Waals surface area contributed by atoms with E-state index in [2.05, 4.69) is 4.99 Å². The van der Waals surface area contributed by atoms with Crippen molar-refractivity contribution in [1.29, 1.82) is 0 Å². The first-order valence-corrected chi connectivity index (χ1v) is 10.9. The molecule has 7 N–H and O–H groups in total. The van der Waals surface area contributed by atoms with Crippen molar-refractivity contribution in [2.24, 2.45) is 28.1 Å². The lowest BCUT2D eigenvalue weighted by Crippen LogP contribution is -2.44.